The Morgan fingerprint density at radius 3 is 2.37 bits per heavy atom. The summed E-state index contributed by atoms with van der Waals surface area (Å²) in [5.41, 5.74) is -1.48. The number of aromatic nitrogens is 1. The lowest BCUT2D eigenvalue weighted by Gasteiger charge is -2.12. The Balaban J connectivity index is 2.34. The van der Waals surface area contributed by atoms with Gasteiger partial charge in [0.1, 0.15) is 22.8 Å². The molecular weight excluding hydrogens is 414 g/mol. The number of hydrogen-bond acceptors (Lipinski definition) is 9. The van der Waals surface area contributed by atoms with E-state index in [4.69, 9.17) is 13.9 Å². The van der Waals surface area contributed by atoms with Crippen LogP contribution in [0.25, 0.3) is 12.2 Å². The summed E-state index contributed by atoms with van der Waals surface area (Å²) in [5.74, 6) is -3.87. The standard InChI is InChI=1S/C20H19NO8S/c1-3-27-19(23)16-14-9-8-12-6-5-7-13(21-12)10-30(25,26)11-15(29-14)17(18(16)22)20(24)28-4-2/h5-9H,3-4,10-11H2,1-2H3/b9-8-. The Hall–Kier alpha value is -3.27. The van der Waals surface area contributed by atoms with Crippen LogP contribution in [0.5, 0.6) is 0 Å². The van der Waals surface area contributed by atoms with Crippen LogP contribution in [0.15, 0.2) is 27.4 Å². The van der Waals surface area contributed by atoms with Crippen LogP contribution in [0.1, 0.15) is 57.5 Å². The first-order valence-electron chi connectivity index (χ1n) is 9.14. The minimum atomic E-state index is -3.87. The molecule has 1 aliphatic heterocycles. The summed E-state index contributed by atoms with van der Waals surface area (Å²) in [5, 5.41) is 0. The Bertz CT molecular complexity index is 1190. The molecule has 9 nitrogen and oxygen atoms in total. The van der Waals surface area contributed by atoms with Gasteiger partial charge in [-0.25, -0.2) is 18.0 Å². The highest BCUT2D eigenvalue weighted by Crippen LogP contribution is 2.22. The highest BCUT2D eigenvalue weighted by Gasteiger charge is 2.31. The van der Waals surface area contributed by atoms with E-state index in [2.05, 4.69) is 4.98 Å². The first kappa shape index (κ1) is 21.4. The molecular formula is C20H19NO8S. The van der Waals surface area contributed by atoms with Gasteiger partial charge in [0.15, 0.2) is 15.4 Å². The van der Waals surface area contributed by atoms with Crippen LogP contribution in [0, 0.1) is 0 Å². The number of rotatable bonds is 4. The minimum Gasteiger partial charge on any atom is -0.462 e. The summed E-state index contributed by atoms with van der Waals surface area (Å²) in [6.07, 6.45) is 2.78. The summed E-state index contributed by atoms with van der Waals surface area (Å²) in [7, 11) is -3.87. The third-order valence-electron chi connectivity index (χ3n) is 4.12. The van der Waals surface area contributed by atoms with Crippen molar-refractivity contribution in [2.45, 2.75) is 25.4 Å². The van der Waals surface area contributed by atoms with Crippen LogP contribution in [-0.2, 0) is 30.8 Å². The first-order chi connectivity index (χ1) is 14.3. The first-order valence-corrected chi connectivity index (χ1v) is 11.0. The average molecular weight is 433 g/mol. The smallest absolute Gasteiger partial charge is 0.346 e. The van der Waals surface area contributed by atoms with Crippen molar-refractivity contribution in [2.24, 2.45) is 0 Å². The number of hydrogen-bond donors (Lipinski definition) is 0. The van der Waals surface area contributed by atoms with Gasteiger partial charge in [-0.3, -0.25) is 9.78 Å². The fourth-order valence-corrected chi connectivity index (χ4v) is 4.25. The maximum absolute atomic E-state index is 13.1. The van der Waals surface area contributed by atoms with Gasteiger partial charge < -0.3 is 13.9 Å². The van der Waals surface area contributed by atoms with Gasteiger partial charge >= 0.3 is 11.9 Å². The van der Waals surface area contributed by atoms with Gasteiger partial charge in [-0.05, 0) is 38.1 Å². The van der Waals surface area contributed by atoms with E-state index in [0.717, 1.165) is 0 Å². The second kappa shape index (κ2) is 8.62. The average Bonchev–Trinajstić information content (AvgIpc) is 2.66. The van der Waals surface area contributed by atoms with E-state index < -0.39 is 55.6 Å². The monoisotopic (exact) mass is 433 g/mol. The molecule has 0 fully saturated rings. The predicted octanol–water partition coefficient (Wildman–Crippen LogP) is 1.99. The van der Waals surface area contributed by atoms with Crippen molar-refractivity contribution in [1.82, 2.24) is 4.98 Å². The van der Waals surface area contributed by atoms with E-state index in [1.807, 2.05) is 0 Å². The Morgan fingerprint density at radius 2 is 1.70 bits per heavy atom. The summed E-state index contributed by atoms with van der Waals surface area (Å²) >= 11 is 0. The van der Waals surface area contributed by atoms with Crippen molar-refractivity contribution < 1.29 is 31.9 Å². The van der Waals surface area contributed by atoms with Gasteiger partial charge in [0.2, 0.25) is 5.43 Å². The van der Waals surface area contributed by atoms with E-state index in [-0.39, 0.29) is 24.7 Å². The number of carbonyl (C=O) groups is 2. The van der Waals surface area contributed by atoms with E-state index in [1.54, 1.807) is 25.1 Å². The molecule has 0 saturated heterocycles. The maximum atomic E-state index is 13.1. The summed E-state index contributed by atoms with van der Waals surface area (Å²) in [6, 6.07) is 4.81. The Morgan fingerprint density at radius 1 is 1.03 bits per heavy atom. The lowest BCUT2D eigenvalue weighted by atomic mass is 10.1. The van der Waals surface area contributed by atoms with E-state index >= 15 is 0 Å². The molecule has 0 atom stereocenters. The lowest BCUT2D eigenvalue weighted by Crippen LogP contribution is -2.28. The number of nitrogens with zero attached hydrogens (tertiary/aromatic N) is 1. The molecule has 30 heavy (non-hydrogen) atoms. The number of esters is 2. The molecule has 0 unspecified atom stereocenters. The number of pyridine rings is 1. The van der Waals surface area contributed by atoms with Crippen LogP contribution in [0.2, 0.25) is 0 Å². The highest BCUT2D eigenvalue weighted by atomic mass is 32.2. The summed E-state index contributed by atoms with van der Waals surface area (Å²) in [6.45, 7) is 3.01. The maximum Gasteiger partial charge on any atom is 0.346 e. The summed E-state index contributed by atoms with van der Waals surface area (Å²) in [4.78, 5) is 42.2. The third kappa shape index (κ3) is 4.48. The largest absolute Gasteiger partial charge is 0.462 e. The highest BCUT2D eigenvalue weighted by molar-refractivity contribution is 7.89. The molecule has 1 aliphatic rings. The van der Waals surface area contributed by atoms with Gasteiger partial charge in [-0.15, -0.1) is 0 Å². The van der Waals surface area contributed by atoms with Crippen molar-refractivity contribution in [3.05, 3.63) is 62.5 Å². The molecule has 10 heteroatoms. The topological polar surface area (TPSA) is 130 Å². The zero-order chi connectivity index (χ0) is 21.9. The summed E-state index contributed by atoms with van der Waals surface area (Å²) < 4.78 is 40.8. The second-order valence-corrected chi connectivity index (χ2v) is 8.39. The zero-order valence-electron chi connectivity index (χ0n) is 16.3. The van der Waals surface area contributed by atoms with Crippen LogP contribution in [0.3, 0.4) is 0 Å². The third-order valence-corrected chi connectivity index (χ3v) is 5.56. The number of carbonyl (C=O) groups excluding carboxylic acids is 2. The lowest BCUT2D eigenvalue weighted by molar-refractivity contribution is 0.0514. The minimum absolute atomic E-state index is 0.0180. The Labute approximate surface area is 172 Å². The normalized spacial score (nSPS) is 15.5. The van der Waals surface area contributed by atoms with E-state index in [0.29, 0.717) is 5.69 Å². The molecule has 0 aliphatic carbocycles. The molecule has 3 heterocycles. The zero-order valence-corrected chi connectivity index (χ0v) is 17.2. The fraction of sp³-hybridized carbons (Fsp3) is 0.300. The van der Waals surface area contributed by atoms with Crippen LogP contribution >= 0.6 is 0 Å². The van der Waals surface area contributed by atoms with Crippen molar-refractivity contribution in [1.29, 1.82) is 0 Å². The van der Waals surface area contributed by atoms with Gasteiger partial charge in [0.25, 0.3) is 0 Å². The van der Waals surface area contributed by atoms with Gasteiger partial charge in [-0.1, -0.05) is 6.07 Å². The molecule has 2 aromatic rings. The van der Waals surface area contributed by atoms with E-state index in [9.17, 15) is 22.8 Å². The molecule has 158 valence electrons. The van der Waals surface area contributed by atoms with Gasteiger partial charge in [0.05, 0.1) is 30.4 Å². The number of sulfone groups is 1. The van der Waals surface area contributed by atoms with Crippen molar-refractivity contribution in [2.75, 3.05) is 13.2 Å². The fourth-order valence-electron chi connectivity index (χ4n) is 2.93. The quantitative estimate of drug-likeness (QED) is 0.664. The van der Waals surface area contributed by atoms with Crippen LogP contribution < -0.4 is 5.43 Å². The molecule has 4 bridgehead atoms. The van der Waals surface area contributed by atoms with Gasteiger partial charge in [-0.2, -0.15) is 0 Å². The van der Waals surface area contributed by atoms with Gasteiger partial charge in [0, 0.05) is 0 Å². The molecule has 2 aromatic heterocycles. The Kier molecular flexibility index (Phi) is 6.16. The predicted molar refractivity (Wildman–Crippen MR) is 106 cm³/mol. The number of fused-ring (bicyclic) bond motifs is 4. The van der Waals surface area contributed by atoms with Crippen molar-refractivity contribution in [3.8, 4) is 0 Å². The van der Waals surface area contributed by atoms with Crippen molar-refractivity contribution in [3.63, 3.8) is 0 Å². The molecule has 0 saturated carbocycles. The molecule has 0 radical (unpaired) electrons. The van der Waals surface area contributed by atoms with Crippen LogP contribution in [-0.4, -0.2) is 38.6 Å². The molecule has 0 amide bonds. The molecule has 0 N–H and O–H groups in total. The number of ether oxygens (including phenoxy) is 2. The molecule has 0 aromatic carbocycles. The van der Waals surface area contributed by atoms with Crippen molar-refractivity contribution >= 4 is 33.9 Å². The SMILES string of the molecule is CCOC(=O)c1c2oc(c(C(=O)OCC)c1=O)CS(=O)(=O)Cc1cccc(n1)/C=C\2. The molecule has 0 spiro atoms. The van der Waals surface area contributed by atoms with Crippen LogP contribution in [0.4, 0.5) is 0 Å². The molecule has 3 rings (SSSR count). The second-order valence-electron chi connectivity index (χ2n) is 6.33. The van der Waals surface area contributed by atoms with E-state index in [1.165, 1.54) is 19.1 Å².